The van der Waals surface area contributed by atoms with Crippen molar-refractivity contribution in [2.75, 3.05) is 13.1 Å². The zero-order chi connectivity index (χ0) is 13.5. The Morgan fingerprint density at radius 3 is 2.67 bits per heavy atom. The Kier molecular flexibility index (Phi) is 4.60. The molecule has 0 aliphatic rings. The van der Waals surface area contributed by atoms with Crippen LogP contribution in [-0.2, 0) is 16.1 Å². The van der Waals surface area contributed by atoms with Gasteiger partial charge < -0.3 is 21.1 Å². The van der Waals surface area contributed by atoms with E-state index in [1.54, 1.807) is 0 Å². The molecule has 0 aliphatic heterocycles. The van der Waals surface area contributed by atoms with Gasteiger partial charge >= 0.3 is 12.0 Å². The first-order valence-electron chi connectivity index (χ1n) is 4.86. The van der Waals surface area contributed by atoms with Crippen LogP contribution >= 0.6 is 0 Å². The lowest BCUT2D eigenvalue weighted by atomic mass is 10.4. The van der Waals surface area contributed by atoms with E-state index in [1.165, 1.54) is 6.33 Å². The van der Waals surface area contributed by atoms with Gasteiger partial charge in [0.15, 0.2) is 0 Å². The maximum atomic E-state index is 11.6. The molecule has 18 heavy (non-hydrogen) atoms. The summed E-state index contributed by atoms with van der Waals surface area (Å²) in [4.78, 5) is 37.4. The number of nitrogens with zero attached hydrogens (tertiary/aromatic N) is 3. The molecule has 0 fully saturated rings. The minimum atomic E-state index is -1.24. The molecule has 1 aromatic rings. The number of carbonyl (C=O) groups excluding carboxylic acids is 2. The van der Waals surface area contributed by atoms with E-state index in [1.807, 2.05) is 0 Å². The van der Waals surface area contributed by atoms with Gasteiger partial charge in [-0.2, -0.15) is 5.10 Å². The molecule has 10 nitrogen and oxygen atoms in total. The number of primary amides is 1. The summed E-state index contributed by atoms with van der Waals surface area (Å²) < 4.78 is 0. The number of nitrogens with one attached hydrogen (secondary N) is 2. The quantitative estimate of drug-likeness (QED) is 0.456. The number of carbonyl (C=O) groups is 3. The second kappa shape index (κ2) is 6.18. The number of aliphatic carboxylic acids is 1. The third-order valence-electron chi connectivity index (χ3n) is 1.83. The first kappa shape index (κ1) is 13.4. The molecule has 1 heterocycles. The van der Waals surface area contributed by atoms with Crippen molar-refractivity contribution in [2.24, 2.45) is 5.73 Å². The molecule has 0 aromatic carbocycles. The van der Waals surface area contributed by atoms with Crippen LogP contribution in [0.2, 0.25) is 0 Å². The zero-order valence-electron chi connectivity index (χ0n) is 9.29. The number of aromatic amines is 1. The van der Waals surface area contributed by atoms with Crippen molar-refractivity contribution in [2.45, 2.75) is 6.54 Å². The Balaban J connectivity index is 2.52. The summed E-state index contributed by atoms with van der Waals surface area (Å²) in [5, 5.41) is 17.1. The number of hydrogen-bond donors (Lipinski definition) is 4. The number of nitrogens with two attached hydrogens (primary N) is 1. The van der Waals surface area contributed by atoms with E-state index >= 15 is 0 Å². The molecular weight excluding hydrogens is 244 g/mol. The van der Waals surface area contributed by atoms with Gasteiger partial charge in [-0.15, -0.1) is 0 Å². The fourth-order valence-electron chi connectivity index (χ4n) is 1.14. The minimum Gasteiger partial charge on any atom is -0.480 e. The van der Waals surface area contributed by atoms with Crippen LogP contribution in [0.4, 0.5) is 4.79 Å². The summed E-state index contributed by atoms with van der Waals surface area (Å²) >= 11 is 0. The van der Waals surface area contributed by atoms with Crippen LogP contribution in [0.3, 0.4) is 0 Å². The smallest absolute Gasteiger partial charge is 0.323 e. The largest absolute Gasteiger partial charge is 0.480 e. The van der Waals surface area contributed by atoms with Crippen LogP contribution in [0, 0.1) is 0 Å². The SMILES string of the molecule is NC(=O)CN(CC(=O)O)C(=O)NCc1ncn[nH]1. The van der Waals surface area contributed by atoms with Gasteiger partial charge in [0.2, 0.25) is 5.91 Å². The first-order chi connectivity index (χ1) is 8.49. The van der Waals surface area contributed by atoms with E-state index in [0.717, 1.165) is 4.90 Å². The average molecular weight is 256 g/mol. The van der Waals surface area contributed by atoms with Gasteiger partial charge in [-0.05, 0) is 0 Å². The van der Waals surface area contributed by atoms with E-state index in [9.17, 15) is 14.4 Å². The van der Waals surface area contributed by atoms with Gasteiger partial charge in [0.05, 0.1) is 6.54 Å². The van der Waals surface area contributed by atoms with Crippen LogP contribution in [0.15, 0.2) is 6.33 Å². The number of carboxylic acids is 1. The van der Waals surface area contributed by atoms with Crippen molar-refractivity contribution in [3.8, 4) is 0 Å². The van der Waals surface area contributed by atoms with Crippen LogP contribution in [0.5, 0.6) is 0 Å². The van der Waals surface area contributed by atoms with Gasteiger partial charge in [-0.3, -0.25) is 14.7 Å². The van der Waals surface area contributed by atoms with Crippen molar-refractivity contribution in [3.63, 3.8) is 0 Å². The van der Waals surface area contributed by atoms with Crippen LogP contribution in [-0.4, -0.2) is 56.2 Å². The van der Waals surface area contributed by atoms with E-state index < -0.39 is 31.0 Å². The standard InChI is InChI=1S/C8H12N6O4/c9-5(15)2-14(3-7(16)17)8(18)10-1-6-11-4-12-13-6/h4H,1-3H2,(H2,9,15)(H,10,18)(H,16,17)(H,11,12,13). The summed E-state index contributed by atoms with van der Waals surface area (Å²) in [6, 6.07) is -0.729. The number of hydrogen-bond acceptors (Lipinski definition) is 5. The van der Waals surface area contributed by atoms with Crippen molar-refractivity contribution >= 4 is 17.9 Å². The lowest BCUT2D eigenvalue weighted by Crippen LogP contribution is -2.46. The van der Waals surface area contributed by atoms with Gasteiger partial charge in [0.1, 0.15) is 25.2 Å². The molecule has 10 heteroatoms. The molecule has 0 saturated heterocycles. The highest BCUT2D eigenvalue weighted by atomic mass is 16.4. The number of aromatic nitrogens is 3. The fraction of sp³-hybridized carbons (Fsp3) is 0.375. The Labute approximate surface area is 101 Å². The lowest BCUT2D eigenvalue weighted by Gasteiger charge is -2.18. The summed E-state index contributed by atoms with van der Waals surface area (Å²) in [5.41, 5.74) is 4.92. The van der Waals surface area contributed by atoms with Crippen molar-refractivity contribution in [3.05, 3.63) is 12.2 Å². The highest BCUT2D eigenvalue weighted by Crippen LogP contribution is 1.92. The summed E-state index contributed by atoms with van der Waals surface area (Å²) in [7, 11) is 0. The Bertz CT molecular complexity index is 415. The van der Waals surface area contributed by atoms with Crippen LogP contribution < -0.4 is 11.1 Å². The predicted octanol–water partition coefficient (Wildman–Crippen LogP) is -2.11. The third-order valence-corrected chi connectivity index (χ3v) is 1.83. The Morgan fingerprint density at radius 2 is 2.17 bits per heavy atom. The number of H-pyrrole nitrogens is 1. The Morgan fingerprint density at radius 1 is 1.44 bits per heavy atom. The van der Waals surface area contributed by atoms with E-state index in [4.69, 9.17) is 10.8 Å². The second-order valence-corrected chi connectivity index (χ2v) is 3.31. The lowest BCUT2D eigenvalue weighted by molar-refractivity contribution is -0.137. The predicted molar refractivity (Wildman–Crippen MR) is 57.0 cm³/mol. The van der Waals surface area contributed by atoms with Gasteiger partial charge in [-0.1, -0.05) is 0 Å². The minimum absolute atomic E-state index is 0.0354. The highest BCUT2D eigenvalue weighted by Gasteiger charge is 2.18. The monoisotopic (exact) mass is 256 g/mol. The van der Waals surface area contributed by atoms with Crippen molar-refractivity contribution in [1.29, 1.82) is 0 Å². The second-order valence-electron chi connectivity index (χ2n) is 3.31. The summed E-state index contributed by atoms with van der Waals surface area (Å²) in [6.07, 6.45) is 1.26. The molecule has 0 aliphatic carbocycles. The van der Waals surface area contributed by atoms with Crippen molar-refractivity contribution < 1.29 is 19.5 Å². The third kappa shape index (κ3) is 4.47. The summed E-state index contributed by atoms with van der Waals surface area (Å²) in [6.45, 7) is -1.06. The number of carboxylic acid groups (broad SMARTS) is 1. The molecule has 3 amide bonds. The highest BCUT2D eigenvalue weighted by molar-refractivity contribution is 5.85. The summed E-state index contributed by atoms with van der Waals surface area (Å²) in [5.74, 6) is -1.64. The Hall–Kier alpha value is -2.65. The molecule has 0 spiro atoms. The van der Waals surface area contributed by atoms with Gasteiger partial charge in [-0.25, -0.2) is 9.78 Å². The molecule has 0 radical (unpaired) electrons. The fourth-order valence-corrected chi connectivity index (χ4v) is 1.14. The van der Waals surface area contributed by atoms with E-state index in [0.29, 0.717) is 5.82 Å². The molecule has 0 atom stereocenters. The number of rotatable bonds is 6. The number of amides is 3. The molecule has 0 saturated carbocycles. The maximum absolute atomic E-state index is 11.6. The first-order valence-corrected chi connectivity index (χ1v) is 4.86. The molecule has 0 unspecified atom stereocenters. The molecule has 98 valence electrons. The molecular formula is C8H12N6O4. The average Bonchev–Trinajstić information content (AvgIpc) is 2.76. The van der Waals surface area contributed by atoms with E-state index in [-0.39, 0.29) is 6.54 Å². The molecule has 5 N–H and O–H groups in total. The number of urea groups is 1. The molecule has 0 bridgehead atoms. The molecule has 1 rings (SSSR count). The topological polar surface area (TPSA) is 154 Å². The molecule has 1 aromatic heterocycles. The van der Waals surface area contributed by atoms with Gasteiger partial charge in [0, 0.05) is 0 Å². The maximum Gasteiger partial charge on any atom is 0.323 e. The van der Waals surface area contributed by atoms with Gasteiger partial charge in [0.25, 0.3) is 0 Å². The zero-order valence-corrected chi connectivity index (χ0v) is 9.29. The van der Waals surface area contributed by atoms with E-state index in [2.05, 4.69) is 20.5 Å². The normalized spacial score (nSPS) is 9.78. The van der Waals surface area contributed by atoms with Crippen molar-refractivity contribution in [1.82, 2.24) is 25.4 Å². The van der Waals surface area contributed by atoms with Crippen LogP contribution in [0.1, 0.15) is 5.82 Å². The van der Waals surface area contributed by atoms with Crippen LogP contribution in [0.25, 0.3) is 0 Å².